The van der Waals surface area contributed by atoms with E-state index in [0.717, 1.165) is 39.1 Å². The molecule has 29 heavy (non-hydrogen) atoms. The Morgan fingerprint density at radius 3 is 2.52 bits per heavy atom. The van der Waals surface area contributed by atoms with Crippen molar-refractivity contribution >= 4 is 22.6 Å². The molecule has 2 aromatic carbocycles. The first-order valence-electron chi connectivity index (χ1n) is 9.55. The fraction of sp³-hybridized carbons (Fsp3) is 0.125. The van der Waals surface area contributed by atoms with Crippen LogP contribution in [-0.2, 0) is 0 Å². The van der Waals surface area contributed by atoms with E-state index >= 15 is 0 Å². The van der Waals surface area contributed by atoms with Crippen LogP contribution in [0.5, 0.6) is 0 Å². The van der Waals surface area contributed by atoms with Gasteiger partial charge in [-0.05, 0) is 61.4 Å². The minimum atomic E-state index is -0.264. The number of carbonyl (C=O) groups is 1. The second-order valence-electron chi connectivity index (χ2n) is 7.01. The van der Waals surface area contributed by atoms with Crippen molar-refractivity contribution in [3.63, 3.8) is 0 Å². The van der Waals surface area contributed by atoms with E-state index in [1.165, 1.54) is 0 Å². The van der Waals surface area contributed by atoms with Crippen LogP contribution in [0.4, 0.5) is 10.5 Å². The van der Waals surface area contributed by atoms with Gasteiger partial charge in [0.1, 0.15) is 0 Å². The first kappa shape index (κ1) is 18.6. The van der Waals surface area contributed by atoms with E-state index in [2.05, 4.69) is 20.6 Å². The third-order valence-corrected chi connectivity index (χ3v) is 4.78. The fourth-order valence-corrected chi connectivity index (χ4v) is 3.23. The van der Waals surface area contributed by atoms with E-state index < -0.39 is 0 Å². The van der Waals surface area contributed by atoms with E-state index in [1.54, 1.807) is 6.20 Å². The van der Waals surface area contributed by atoms with Crippen molar-refractivity contribution in [3.8, 4) is 11.1 Å². The van der Waals surface area contributed by atoms with Gasteiger partial charge in [0.15, 0.2) is 0 Å². The molecule has 0 aliphatic rings. The lowest BCUT2D eigenvalue weighted by Crippen LogP contribution is -2.31. The molecule has 0 bridgehead atoms. The average Bonchev–Trinajstić information content (AvgIpc) is 2.74. The lowest BCUT2D eigenvalue weighted by Gasteiger charge is -2.15. The highest BCUT2D eigenvalue weighted by Crippen LogP contribution is 2.22. The number of hydrogen-bond acceptors (Lipinski definition) is 3. The van der Waals surface area contributed by atoms with Crippen molar-refractivity contribution < 1.29 is 4.79 Å². The summed E-state index contributed by atoms with van der Waals surface area (Å²) in [6.07, 6.45) is 1.80. The van der Waals surface area contributed by atoms with Crippen LogP contribution in [0.2, 0.25) is 0 Å². The van der Waals surface area contributed by atoms with Crippen molar-refractivity contribution in [2.75, 3.05) is 5.32 Å². The highest BCUT2D eigenvalue weighted by Gasteiger charge is 2.11. The van der Waals surface area contributed by atoms with Crippen molar-refractivity contribution in [2.24, 2.45) is 0 Å². The molecule has 0 radical (unpaired) electrons. The molecule has 144 valence electrons. The van der Waals surface area contributed by atoms with Crippen LogP contribution in [0.1, 0.15) is 24.4 Å². The second-order valence-corrected chi connectivity index (χ2v) is 7.01. The van der Waals surface area contributed by atoms with Crippen molar-refractivity contribution in [2.45, 2.75) is 19.9 Å². The third kappa shape index (κ3) is 4.41. The summed E-state index contributed by atoms with van der Waals surface area (Å²) in [6, 6.07) is 23.2. The summed E-state index contributed by atoms with van der Waals surface area (Å²) in [5, 5.41) is 6.90. The molecule has 4 aromatic rings. The molecule has 2 aromatic heterocycles. The molecule has 0 unspecified atom stereocenters. The van der Waals surface area contributed by atoms with Gasteiger partial charge in [-0.15, -0.1) is 0 Å². The molecule has 5 heteroatoms. The molecule has 0 spiro atoms. The zero-order chi connectivity index (χ0) is 20.2. The van der Waals surface area contributed by atoms with Gasteiger partial charge in [0.05, 0.1) is 17.3 Å². The third-order valence-electron chi connectivity index (χ3n) is 4.78. The zero-order valence-electron chi connectivity index (χ0n) is 16.4. The number of aryl methyl sites for hydroxylation is 1. The van der Waals surface area contributed by atoms with Crippen LogP contribution in [-0.4, -0.2) is 16.0 Å². The Hall–Kier alpha value is -3.73. The molecule has 0 saturated carbocycles. The van der Waals surface area contributed by atoms with E-state index in [-0.39, 0.29) is 12.1 Å². The number of nitrogens with one attached hydrogen (secondary N) is 2. The maximum Gasteiger partial charge on any atom is 0.319 e. The molecular weight excluding hydrogens is 360 g/mol. The maximum absolute atomic E-state index is 12.4. The van der Waals surface area contributed by atoms with Crippen molar-refractivity contribution in [3.05, 3.63) is 90.4 Å². The van der Waals surface area contributed by atoms with Gasteiger partial charge in [-0.25, -0.2) is 4.79 Å². The molecular formula is C24H22N4O. The van der Waals surface area contributed by atoms with Crippen LogP contribution in [0.15, 0.2) is 79.0 Å². The van der Waals surface area contributed by atoms with E-state index in [1.807, 2.05) is 86.6 Å². The van der Waals surface area contributed by atoms with Gasteiger partial charge in [-0.2, -0.15) is 0 Å². The number of carbonyl (C=O) groups excluding carboxylic acids is 1. The summed E-state index contributed by atoms with van der Waals surface area (Å²) >= 11 is 0. The van der Waals surface area contributed by atoms with Gasteiger partial charge in [-0.3, -0.25) is 9.97 Å². The minimum Gasteiger partial charge on any atom is -0.330 e. The number of hydrogen-bond donors (Lipinski definition) is 2. The van der Waals surface area contributed by atoms with Gasteiger partial charge >= 0.3 is 6.03 Å². The summed E-state index contributed by atoms with van der Waals surface area (Å²) < 4.78 is 0. The molecule has 0 saturated heterocycles. The van der Waals surface area contributed by atoms with E-state index in [4.69, 9.17) is 0 Å². The van der Waals surface area contributed by atoms with Gasteiger partial charge in [0.25, 0.3) is 0 Å². The smallest absolute Gasteiger partial charge is 0.319 e. The van der Waals surface area contributed by atoms with Crippen LogP contribution in [0, 0.1) is 6.92 Å². The topological polar surface area (TPSA) is 66.9 Å². The summed E-state index contributed by atoms with van der Waals surface area (Å²) in [5.41, 5.74) is 5.62. The Balaban J connectivity index is 1.41. The molecule has 1 atom stereocenters. The summed E-state index contributed by atoms with van der Waals surface area (Å²) in [7, 11) is 0. The Bertz CT molecular complexity index is 1150. The van der Waals surface area contributed by atoms with Crippen LogP contribution >= 0.6 is 0 Å². The SMILES string of the molecule is Cc1cc(-c2ccc(NC(=O)N[C@H](C)c3ccc4ccccc4n3)cc2)ccn1. The summed E-state index contributed by atoms with van der Waals surface area (Å²) in [5.74, 6) is 0. The first-order valence-corrected chi connectivity index (χ1v) is 9.55. The quantitative estimate of drug-likeness (QED) is 0.490. The second kappa shape index (κ2) is 8.10. The molecule has 0 fully saturated rings. The molecule has 4 rings (SSSR count). The predicted molar refractivity (Wildman–Crippen MR) is 117 cm³/mol. The van der Waals surface area contributed by atoms with Crippen LogP contribution in [0.3, 0.4) is 0 Å². The zero-order valence-corrected chi connectivity index (χ0v) is 16.4. The highest BCUT2D eigenvalue weighted by atomic mass is 16.2. The van der Waals surface area contributed by atoms with Crippen molar-refractivity contribution in [1.29, 1.82) is 0 Å². The maximum atomic E-state index is 12.4. The first-order chi connectivity index (χ1) is 14.1. The molecule has 2 amide bonds. The number of nitrogens with zero attached hydrogens (tertiary/aromatic N) is 2. The predicted octanol–water partition coefficient (Wildman–Crippen LogP) is 5.49. The van der Waals surface area contributed by atoms with Gasteiger partial charge in [-0.1, -0.05) is 36.4 Å². The number of fused-ring (bicyclic) bond motifs is 1. The van der Waals surface area contributed by atoms with Gasteiger partial charge in [0.2, 0.25) is 0 Å². The summed E-state index contributed by atoms with van der Waals surface area (Å²) in [4.78, 5) is 21.3. The molecule has 5 nitrogen and oxygen atoms in total. The number of benzene rings is 2. The number of aromatic nitrogens is 2. The number of rotatable bonds is 4. The van der Waals surface area contributed by atoms with Gasteiger partial charge in [0, 0.05) is 23.0 Å². The minimum absolute atomic E-state index is 0.210. The average molecular weight is 382 g/mol. The molecule has 2 heterocycles. The number of para-hydroxylation sites is 1. The standard InChI is InChI=1S/C24H22N4O/c1-16-15-20(13-14-25-16)18-7-10-21(11-8-18)27-24(29)26-17(2)22-12-9-19-5-3-4-6-23(19)28-22/h3-15,17H,1-2H3,(H2,26,27,29)/t17-/m1/s1. The van der Waals surface area contributed by atoms with E-state index in [9.17, 15) is 4.79 Å². The van der Waals surface area contributed by atoms with Gasteiger partial charge < -0.3 is 10.6 Å². The molecule has 0 aliphatic heterocycles. The van der Waals surface area contributed by atoms with Crippen LogP contribution in [0.25, 0.3) is 22.0 Å². The van der Waals surface area contributed by atoms with Crippen LogP contribution < -0.4 is 10.6 Å². The lowest BCUT2D eigenvalue weighted by atomic mass is 10.1. The lowest BCUT2D eigenvalue weighted by molar-refractivity contribution is 0.249. The molecule has 0 aliphatic carbocycles. The molecule has 2 N–H and O–H groups in total. The normalized spacial score (nSPS) is 11.8. The Kier molecular flexibility index (Phi) is 5.20. The Labute approximate surface area is 169 Å². The summed E-state index contributed by atoms with van der Waals surface area (Å²) in [6.45, 7) is 3.89. The van der Waals surface area contributed by atoms with E-state index in [0.29, 0.717) is 0 Å². The number of pyridine rings is 2. The fourth-order valence-electron chi connectivity index (χ4n) is 3.23. The Morgan fingerprint density at radius 1 is 0.931 bits per heavy atom. The Morgan fingerprint density at radius 2 is 1.72 bits per heavy atom. The largest absolute Gasteiger partial charge is 0.330 e. The number of anilines is 1. The highest BCUT2D eigenvalue weighted by molar-refractivity contribution is 5.90. The number of urea groups is 1. The van der Waals surface area contributed by atoms with Crippen molar-refractivity contribution in [1.82, 2.24) is 15.3 Å². The monoisotopic (exact) mass is 382 g/mol. The number of amides is 2.